The van der Waals surface area contributed by atoms with Crippen molar-refractivity contribution in [3.05, 3.63) is 0 Å². The molecule has 2 rings (SSSR count). The molecule has 20 heavy (non-hydrogen) atoms. The van der Waals surface area contributed by atoms with Gasteiger partial charge in [0.25, 0.3) is 0 Å². The molecule has 8 heteroatoms. The summed E-state index contributed by atoms with van der Waals surface area (Å²) in [5.41, 5.74) is 0. The van der Waals surface area contributed by atoms with Crippen LogP contribution in [0.4, 0.5) is 13.2 Å². The van der Waals surface area contributed by atoms with E-state index in [-0.39, 0.29) is 18.0 Å². The van der Waals surface area contributed by atoms with E-state index in [1.807, 2.05) is 0 Å². The maximum absolute atomic E-state index is 12.1. The number of rotatable bonds is 4. The second-order valence-corrected chi connectivity index (χ2v) is 6.22. The van der Waals surface area contributed by atoms with Crippen LogP contribution in [0, 0.1) is 0 Å². The predicted molar refractivity (Wildman–Crippen MR) is 70.4 cm³/mol. The standard InChI is InChI=1S/C12H19F3N2O2S/c13-12(14,15)6-19-9-3-1-2-8(4-9)17-11(18)10-5-20-7-16-10/h8-10,16H,1-7H2,(H,17,18). The molecule has 3 atom stereocenters. The molecular weight excluding hydrogens is 293 g/mol. The number of hydrogen-bond donors (Lipinski definition) is 2. The molecule has 0 aromatic heterocycles. The third-order valence-corrected chi connectivity index (χ3v) is 4.43. The zero-order chi connectivity index (χ0) is 14.6. The Labute approximate surface area is 120 Å². The predicted octanol–water partition coefficient (Wildman–Crippen LogP) is 1.66. The molecule has 1 saturated heterocycles. The van der Waals surface area contributed by atoms with Crippen LogP contribution >= 0.6 is 11.8 Å². The lowest BCUT2D eigenvalue weighted by Gasteiger charge is -2.30. The summed E-state index contributed by atoms with van der Waals surface area (Å²) >= 11 is 1.66. The monoisotopic (exact) mass is 312 g/mol. The van der Waals surface area contributed by atoms with Gasteiger partial charge in [-0.3, -0.25) is 10.1 Å². The molecule has 1 aliphatic heterocycles. The molecule has 0 spiro atoms. The number of ether oxygens (including phenoxy) is 1. The molecule has 1 aliphatic carbocycles. The summed E-state index contributed by atoms with van der Waals surface area (Å²) in [5.74, 6) is 1.45. The molecule has 4 nitrogen and oxygen atoms in total. The van der Waals surface area contributed by atoms with Crippen molar-refractivity contribution in [3.63, 3.8) is 0 Å². The van der Waals surface area contributed by atoms with Crippen molar-refractivity contribution in [2.75, 3.05) is 18.2 Å². The maximum Gasteiger partial charge on any atom is 0.411 e. The third-order valence-electron chi connectivity index (χ3n) is 3.49. The zero-order valence-electron chi connectivity index (χ0n) is 11.0. The van der Waals surface area contributed by atoms with E-state index in [9.17, 15) is 18.0 Å². The number of hydrogen-bond acceptors (Lipinski definition) is 4. The fraction of sp³-hybridized carbons (Fsp3) is 0.917. The fourth-order valence-corrected chi connectivity index (χ4v) is 3.45. The minimum Gasteiger partial charge on any atom is -0.369 e. The summed E-state index contributed by atoms with van der Waals surface area (Å²) in [6, 6.07) is -0.265. The van der Waals surface area contributed by atoms with Crippen LogP contribution in [0.5, 0.6) is 0 Å². The van der Waals surface area contributed by atoms with E-state index >= 15 is 0 Å². The number of carbonyl (C=O) groups is 1. The van der Waals surface area contributed by atoms with Crippen molar-refractivity contribution in [2.24, 2.45) is 0 Å². The summed E-state index contributed by atoms with van der Waals surface area (Å²) < 4.78 is 41.2. The van der Waals surface area contributed by atoms with Crippen molar-refractivity contribution in [2.45, 2.75) is 50.0 Å². The topological polar surface area (TPSA) is 50.4 Å². The van der Waals surface area contributed by atoms with Crippen molar-refractivity contribution >= 4 is 17.7 Å². The molecule has 1 saturated carbocycles. The first-order valence-corrected chi connectivity index (χ1v) is 7.89. The molecule has 0 aromatic carbocycles. The van der Waals surface area contributed by atoms with Crippen molar-refractivity contribution in [1.29, 1.82) is 0 Å². The lowest BCUT2D eigenvalue weighted by molar-refractivity contribution is -0.188. The van der Waals surface area contributed by atoms with Crippen LogP contribution in [0.1, 0.15) is 25.7 Å². The minimum absolute atomic E-state index is 0.0588. The van der Waals surface area contributed by atoms with E-state index in [4.69, 9.17) is 4.74 Å². The van der Waals surface area contributed by atoms with Crippen LogP contribution < -0.4 is 10.6 Å². The first-order valence-electron chi connectivity index (χ1n) is 6.74. The lowest BCUT2D eigenvalue weighted by Crippen LogP contribution is -2.48. The number of carbonyl (C=O) groups excluding carboxylic acids is 1. The summed E-state index contributed by atoms with van der Waals surface area (Å²) in [5, 5.41) is 5.99. The highest BCUT2D eigenvalue weighted by Crippen LogP contribution is 2.24. The first kappa shape index (κ1) is 15.9. The Kier molecular flexibility index (Phi) is 5.57. The normalized spacial score (nSPS) is 31.2. The molecule has 0 aromatic rings. The first-order chi connectivity index (χ1) is 9.44. The number of amides is 1. The quantitative estimate of drug-likeness (QED) is 0.829. The number of halogens is 3. The largest absolute Gasteiger partial charge is 0.411 e. The van der Waals surface area contributed by atoms with Crippen LogP contribution in [0.3, 0.4) is 0 Å². The molecule has 116 valence electrons. The smallest absolute Gasteiger partial charge is 0.369 e. The summed E-state index contributed by atoms with van der Waals surface area (Å²) in [6.07, 6.45) is -2.04. The van der Waals surface area contributed by atoms with Crippen LogP contribution in [0.15, 0.2) is 0 Å². The summed E-state index contributed by atoms with van der Waals surface area (Å²) in [4.78, 5) is 11.9. The van der Waals surface area contributed by atoms with Crippen molar-refractivity contribution < 1.29 is 22.7 Å². The van der Waals surface area contributed by atoms with Gasteiger partial charge in [0.1, 0.15) is 6.61 Å². The molecule has 1 heterocycles. The Morgan fingerprint density at radius 3 is 2.85 bits per heavy atom. The van der Waals surface area contributed by atoms with E-state index in [1.54, 1.807) is 11.8 Å². The van der Waals surface area contributed by atoms with Crippen LogP contribution in [0.25, 0.3) is 0 Å². The Balaban J connectivity index is 1.73. The third kappa shape index (κ3) is 5.14. The molecule has 0 bridgehead atoms. The van der Waals surface area contributed by atoms with Gasteiger partial charge in [0.15, 0.2) is 0 Å². The molecular formula is C12H19F3N2O2S. The van der Waals surface area contributed by atoms with Crippen LogP contribution in [-0.4, -0.2) is 48.5 Å². The van der Waals surface area contributed by atoms with Gasteiger partial charge in [-0.15, -0.1) is 11.8 Å². The second kappa shape index (κ2) is 7.00. The molecule has 1 amide bonds. The SMILES string of the molecule is O=C(NC1CCCC(OCC(F)(F)F)C1)C1CSCN1. The molecule has 2 aliphatic rings. The van der Waals surface area contributed by atoms with E-state index in [0.29, 0.717) is 12.8 Å². The van der Waals surface area contributed by atoms with Gasteiger partial charge in [0.05, 0.1) is 12.1 Å². The Morgan fingerprint density at radius 2 is 2.20 bits per heavy atom. The minimum atomic E-state index is -4.29. The summed E-state index contributed by atoms with van der Waals surface area (Å²) in [7, 11) is 0. The Morgan fingerprint density at radius 1 is 1.40 bits per heavy atom. The number of alkyl halides is 3. The van der Waals surface area contributed by atoms with Crippen LogP contribution in [-0.2, 0) is 9.53 Å². The molecule has 2 fully saturated rings. The van der Waals surface area contributed by atoms with Gasteiger partial charge in [-0.1, -0.05) is 0 Å². The van der Waals surface area contributed by atoms with Gasteiger partial charge in [0.2, 0.25) is 5.91 Å². The van der Waals surface area contributed by atoms with Crippen molar-refractivity contribution in [1.82, 2.24) is 10.6 Å². The average Bonchev–Trinajstić information content (AvgIpc) is 2.90. The highest BCUT2D eigenvalue weighted by atomic mass is 32.2. The molecule has 3 unspecified atom stereocenters. The van der Waals surface area contributed by atoms with Gasteiger partial charge in [-0.25, -0.2) is 0 Å². The van der Waals surface area contributed by atoms with Gasteiger partial charge in [-0.05, 0) is 25.7 Å². The lowest BCUT2D eigenvalue weighted by atomic mass is 9.92. The molecule has 2 N–H and O–H groups in total. The number of thioether (sulfide) groups is 1. The maximum atomic E-state index is 12.1. The van der Waals surface area contributed by atoms with E-state index < -0.39 is 18.9 Å². The second-order valence-electron chi connectivity index (χ2n) is 5.19. The Bertz CT molecular complexity index is 335. The van der Waals surface area contributed by atoms with E-state index in [1.165, 1.54) is 0 Å². The van der Waals surface area contributed by atoms with E-state index in [2.05, 4.69) is 10.6 Å². The zero-order valence-corrected chi connectivity index (χ0v) is 11.9. The average molecular weight is 312 g/mol. The highest BCUT2D eigenvalue weighted by molar-refractivity contribution is 7.99. The van der Waals surface area contributed by atoms with E-state index in [0.717, 1.165) is 24.5 Å². The Hall–Kier alpha value is -0.470. The summed E-state index contributed by atoms with van der Waals surface area (Å²) in [6.45, 7) is -1.21. The van der Waals surface area contributed by atoms with Crippen molar-refractivity contribution in [3.8, 4) is 0 Å². The van der Waals surface area contributed by atoms with Crippen LogP contribution in [0.2, 0.25) is 0 Å². The van der Waals surface area contributed by atoms with Gasteiger partial charge >= 0.3 is 6.18 Å². The van der Waals surface area contributed by atoms with Gasteiger partial charge < -0.3 is 10.1 Å². The van der Waals surface area contributed by atoms with Gasteiger partial charge in [-0.2, -0.15) is 13.2 Å². The fourth-order valence-electron chi connectivity index (χ4n) is 2.51. The highest BCUT2D eigenvalue weighted by Gasteiger charge is 2.32. The number of nitrogens with one attached hydrogen (secondary N) is 2. The molecule has 0 radical (unpaired) electrons. The van der Waals surface area contributed by atoms with Gasteiger partial charge in [0, 0.05) is 17.7 Å².